The van der Waals surface area contributed by atoms with Crippen LogP contribution in [-0.4, -0.2) is 30.4 Å². The summed E-state index contributed by atoms with van der Waals surface area (Å²) in [4.78, 5) is 50.6. The third-order valence-electron chi connectivity index (χ3n) is 4.90. The largest absolute Gasteiger partial charge is 0.484 e. The molecule has 0 aliphatic carbocycles. The number of hydrogen-bond donors (Lipinski definition) is 2. The van der Waals surface area contributed by atoms with Gasteiger partial charge in [-0.2, -0.15) is 0 Å². The summed E-state index contributed by atoms with van der Waals surface area (Å²) in [5, 5.41) is 5.25. The number of barbiturate groups is 1. The molecule has 35 heavy (non-hydrogen) atoms. The van der Waals surface area contributed by atoms with Crippen molar-refractivity contribution in [3.63, 3.8) is 0 Å². The summed E-state index contributed by atoms with van der Waals surface area (Å²) in [6.07, 6.45) is 1.38. The highest BCUT2D eigenvalue weighted by molar-refractivity contribution is 9.10. The van der Waals surface area contributed by atoms with Crippen molar-refractivity contribution < 1.29 is 23.9 Å². The maximum Gasteiger partial charge on any atom is 0.335 e. The quantitative estimate of drug-likeness (QED) is 0.337. The van der Waals surface area contributed by atoms with Crippen molar-refractivity contribution in [3.8, 4) is 5.75 Å². The molecule has 5 amide bonds. The third-order valence-corrected chi connectivity index (χ3v) is 5.75. The smallest absolute Gasteiger partial charge is 0.335 e. The van der Waals surface area contributed by atoms with Crippen LogP contribution in [0, 0.1) is 0 Å². The van der Waals surface area contributed by atoms with Gasteiger partial charge in [-0.15, -0.1) is 0 Å². The first-order valence-corrected chi connectivity index (χ1v) is 11.4. The van der Waals surface area contributed by atoms with E-state index in [1.807, 2.05) is 0 Å². The first-order chi connectivity index (χ1) is 16.8. The number of rotatable bonds is 6. The molecule has 0 radical (unpaired) electrons. The molecule has 0 bridgehead atoms. The van der Waals surface area contributed by atoms with Gasteiger partial charge >= 0.3 is 6.03 Å². The highest BCUT2D eigenvalue weighted by Gasteiger charge is 2.36. The lowest BCUT2D eigenvalue weighted by Gasteiger charge is -2.26. The van der Waals surface area contributed by atoms with Gasteiger partial charge < -0.3 is 10.1 Å². The van der Waals surface area contributed by atoms with Gasteiger partial charge in [-0.25, -0.2) is 9.69 Å². The van der Waals surface area contributed by atoms with E-state index in [4.69, 9.17) is 16.3 Å². The number of ether oxygens (including phenoxy) is 1. The van der Waals surface area contributed by atoms with Crippen LogP contribution in [0.1, 0.15) is 5.56 Å². The fourth-order valence-electron chi connectivity index (χ4n) is 3.21. The Hall–Kier alpha value is -3.95. The van der Waals surface area contributed by atoms with Crippen molar-refractivity contribution in [2.45, 2.75) is 0 Å². The van der Waals surface area contributed by atoms with E-state index in [-0.39, 0.29) is 18.1 Å². The fraction of sp³-hybridized carbons (Fsp3) is 0.0400. The molecule has 0 aromatic heterocycles. The lowest BCUT2D eigenvalue weighted by atomic mass is 10.1. The molecule has 4 rings (SSSR count). The Morgan fingerprint density at radius 2 is 1.69 bits per heavy atom. The SMILES string of the molecule is O=C(COc1ccc(/C=C2\C(=O)NC(=O)N(c3ccc(Br)cc3)C2=O)cc1)Nc1ccccc1Cl. The summed E-state index contributed by atoms with van der Waals surface area (Å²) >= 11 is 9.32. The maximum atomic E-state index is 12.9. The van der Waals surface area contributed by atoms with Crippen LogP contribution >= 0.6 is 27.5 Å². The van der Waals surface area contributed by atoms with Crippen molar-refractivity contribution >= 4 is 68.7 Å². The number of para-hydroxylation sites is 1. The zero-order chi connectivity index (χ0) is 24.9. The van der Waals surface area contributed by atoms with Gasteiger partial charge in [-0.3, -0.25) is 19.7 Å². The van der Waals surface area contributed by atoms with Crippen LogP contribution in [0.2, 0.25) is 5.02 Å². The number of benzene rings is 3. The molecule has 0 spiro atoms. The Morgan fingerprint density at radius 1 is 1.00 bits per heavy atom. The monoisotopic (exact) mass is 553 g/mol. The van der Waals surface area contributed by atoms with Crippen molar-refractivity contribution in [2.75, 3.05) is 16.8 Å². The van der Waals surface area contributed by atoms with E-state index in [0.717, 1.165) is 9.37 Å². The molecule has 0 unspecified atom stereocenters. The van der Waals surface area contributed by atoms with E-state index in [2.05, 4.69) is 26.6 Å². The molecule has 1 heterocycles. The fourth-order valence-corrected chi connectivity index (χ4v) is 3.65. The number of nitrogens with one attached hydrogen (secondary N) is 2. The third kappa shape index (κ3) is 5.76. The minimum absolute atomic E-state index is 0.194. The van der Waals surface area contributed by atoms with Gasteiger partial charge in [-0.05, 0) is 60.2 Å². The van der Waals surface area contributed by atoms with E-state index in [9.17, 15) is 19.2 Å². The summed E-state index contributed by atoms with van der Waals surface area (Å²) < 4.78 is 6.27. The van der Waals surface area contributed by atoms with Crippen molar-refractivity contribution in [1.29, 1.82) is 0 Å². The molecule has 2 N–H and O–H groups in total. The zero-order valence-electron chi connectivity index (χ0n) is 18.0. The minimum atomic E-state index is -0.821. The van der Waals surface area contributed by atoms with Crippen LogP contribution in [-0.2, 0) is 14.4 Å². The van der Waals surface area contributed by atoms with Crippen LogP contribution in [0.4, 0.5) is 16.2 Å². The topological polar surface area (TPSA) is 105 Å². The molecule has 0 atom stereocenters. The molecule has 1 aliphatic rings. The highest BCUT2D eigenvalue weighted by atomic mass is 79.9. The predicted molar refractivity (Wildman–Crippen MR) is 135 cm³/mol. The van der Waals surface area contributed by atoms with Gasteiger partial charge in [0.25, 0.3) is 17.7 Å². The van der Waals surface area contributed by atoms with Gasteiger partial charge in [-0.1, -0.05) is 51.8 Å². The average Bonchev–Trinajstić information content (AvgIpc) is 2.84. The van der Waals surface area contributed by atoms with Crippen molar-refractivity contribution in [2.24, 2.45) is 0 Å². The number of amides is 5. The Labute approximate surface area is 213 Å². The Kier molecular flexibility index (Phi) is 7.28. The summed E-state index contributed by atoms with van der Waals surface area (Å²) in [7, 11) is 0. The Balaban J connectivity index is 1.43. The molecular formula is C25H17BrClN3O5. The molecule has 0 saturated carbocycles. The standard InChI is InChI=1S/C25H17BrClN3O5/c26-16-7-9-17(10-8-16)30-24(33)19(23(32)29-25(30)34)13-15-5-11-18(12-6-15)35-14-22(31)28-21-4-2-1-3-20(21)27/h1-13H,14H2,(H,28,31)(H,29,32,34)/b19-13+. The van der Waals surface area contributed by atoms with Gasteiger partial charge in [0.2, 0.25) is 0 Å². The van der Waals surface area contributed by atoms with E-state index in [1.54, 1.807) is 72.8 Å². The number of carbonyl (C=O) groups excluding carboxylic acids is 4. The van der Waals surface area contributed by atoms with Gasteiger partial charge in [0.1, 0.15) is 11.3 Å². The summed E-state index contributed by atoms with van der Waals surface area (Å²) in [5.41, 5.74) is 1.14. The molecule has 176 valence electrons. The maximum absolute atomic E-state index is 12.9. The molecule has 10 heteroatoms. The summed E-state index contributed by atoms with van der Waals surface area (Å²) in [6, 6.07) is 19.0. The number of anilines is 2. The number of halogens is 2. The Bertz CT molecular complexity index is 1340. The number of nitrogens with zero attached hydrogens (tertiary/aromatic N) is 1. The normalized spacial score (nSPS) is 14.6. The Morgan fingerprint density at radius 3 is 2.37 bits per heavy atom. The summed E-state index contributed by atoms with van der Waals surface area (Å²) in [5.74, 6) is -1.50. The van der Waals surface area contributed by atoms with Crippen LogP contribution in [0.15, 0.2) is 82.8 Å². The number of imide groups is 2. The van der Waals surface area contributed by atoms with Crippen molar-refractivity contribution in [3.05, 3.63) is 93.4 Å². The van der Waals surface area contributed by atoms with Gasteiger partial charge in [0.05, 0.1) is 16.4 Å². The van der Waals surface area contributed by atoms with Crippen LogP contribution in [0.5, 0.6) is 5.75 Å². The minimum Gasteiger partial charge on any atom is -0.484 e. The van der Waals surface area contributed by atoms with Crippen LogP contribution in [0.25, 0.3) is 6.08 Å². The first-order valence-electron chi connectivity index (χ1n) is 10.3. The van der Waals surface area contributed by atoms with Crippen LogP contribution in [0.3, 0.4) is 0 Å². The van der Waals surface area contributed by atoms with E-state index < -0.39 is 17.8 Å². The van der Waals surface area contributed by atoms with Gasteiger partial charge in [0, 0.05) is 4.47 Å². The zero-order valence-corrected chi connectivity index (χ0v) is 20.3. The summed E-state index contributed by atoms with van der Waals surface area (Å²) in [6.45, 7) is -0.239. The molecule has 1 fully saturated rings. The van der Waals surface area contributed by atoms with Gasteiger partial charge in [0.15, 0.2) is 6.61 Å². The second-order valence-electron chi connectivity index (χ2n) is 7.32. The second-order valence-corrected chi connectivity index (χ2v) is 8.64. The molecule has 3 aromatic carbocycles. The van der Waals surface area contributed by atoms with E-state index in [0.29, 0.717) is 27.7 Å². The first kappa shape index (κ1) is 24.2. The lowest BCUT2D eigenvalue weighted by Crippen LogP contribution is -2.54. The lowest BCUT2D eigenvalue weighted by molar-refractivity contribution is -0.122. The predicted octanol–water partition coefficient (Wildman–Crippen LogP) is 4.79. The van der Waals surface area contributed by atoms with Crippen molar-refractivity contribution in [1.82, 2.24) is 5.32 Å². The highest BCUT2D eigenvalue weighted by Crippen LogP contribution is 2.24. The number of hydrogen-bond acceptors (Lipinski definition) is 5. The molecule has 8 nitrogen and oxygen atoms in total. The van der Waals surface area contributed by atoms with E-state index >= 15 is 0 Å². The molecular weight excluding hydrogens is 538 g/mol. The second kappa shape index (κ2) is 10.5. The average molecular weight is 555 g/mol. The number of carbonyl (C=O) groups is 4. The molecule has 1 aliphatic heterocycles. The van der Waals surface area contributed by atoms with Crippen LogP contribution < -0.4 is 20.3 Å². The van der Waals surface area contributed by atoms with E-state index in [1.165, 1.54) is 6.08 Å². The molecule has 3 aromatic rings. The molecule has 1 saturated heterocycles. The number of urea groups is 1.